The largest absolute Gasteiger partial charge is 0.472 e. The van der Waals surface area contributed by atoms with Crippen molar-refractivity contribution in [3.63, 3.8) is 0 Å². The van der Waals surface area contributed by atoms with Crippen LogP contribution in [0.5, 0.6) is 0 Å². The third-order valence-electron chi connectivity index (χ3n) is 3.33. The molecule has 21 heavy (non-hydrogen) atoms. The molecule has 0 spiro atoms. The first-order chi connectivity index (χ1) is 9.80. The van der Waals surface area contributed by atoms with Crippen LogP contribution in [0.2, 0.25) is 0 Å². The summed E-state index contributed by atoms with van der Waals surface area (Å²) in [6, 6.07) is -1.31. The molecule has 0 bridgehead atoms. The Bertz CT molecular complexity index is 399. The second-order valence-corrected chi connectivity index (χ2v) is 6.46. The Hall–Kier alpha value is 0.0799. The summed E-state index contributed by atoms with van der Waals surface area (Å²) in [6.45, 7) is -0.732. The van der Waals surface area contributed by atoms with Gasteiger partial charge < -0.3 is 24.6 Å². The van der Waals surface area contributed by atoms with Crippen LogP contribution in [0.15, 0.2) is 0 Å². The SMILES string of the molecule is [B][C@H]1CC(O)[C@@H](COP(=O)(O)OC2C[C@H]([B])O[C@@H]2CO)O1. The zero-order valence-electron chi connectivity index (χ0n) is 11.3. The van der Waals surface area contributed by atoms with E-state index in [0.29, 0.717) is 0 Å². The maximum Gasteiger partial charge on any atom is 0.472 e. The van der Waals surface area contributed by atoms with Crippen LogP contribution in [0.1, 0.15) is 12.8 Å². The van der Waals surface area contributed by atoms with Gasteiger partial charge >= 0.3 is 7.82 Å². The van der Waals surface area contributed by atoms with E-state index >= 15 is 0 Å². The summed E-state index contributed by atoms with van der Waals surface area (Å²) >= 11 is 0. The number of hydrogen-bond acceptors (Lipinski definition) is 7. The van der Waals surface area contributed by atoms with Crippen LogP contribution in [-0.4, -0.2) is 80.4 Å². The van der Waals surface area contributed by atoms with E-state index in [1.807, 2.05) is 0 Å². The summed E-state index contributed by atoms with van der Waals surface area (Å²) in [5, 5.41) is 18.7. The van der Waals surface area contributed by atoms with E-state index in [-0.39, 0.29) is 19.4 Å². The smallest absolute Gasteiger partial charge is 0.394 e. The van der Waals surface area contributed by atoms with E-state index in [1.165, 1.54) is 0 Å². The van der Waals surface area contributed by atoms with Crippen molar-refractivity contribution in [1.82, 2.24) is 0 Å². The molecule has 11 heteroatoms. The van der Waals surface area contributed by atoms with Gasteiger partial charge in [-0.1, -0.05) is 0 Å². The van der Waals surface area contributed by atoms with Gasteiger partial charge in [0.1, 0.15) is 27.9 Å². The molecular weight excluding hydrogens is 301 g/mol. The molecule has 3 N–H and O–H groups in total. The van der Waals surface area contributed by atoms with Crippen LogP contribution < -0.4 is 0 Å². The molecule has 7 atom stereocenters. The molecule has 2 aliphatic heterocycles. The van der Waals surface area contributed by atoms with Crippen molar-refractivity contribution < 1.29 is 38.2 Å². The Labute approximate surface area is 125 Å². The van der Waals surface area contributed by atoms with Gasteiger partial charge in [0.2, 0.25) is 0 Å². The van der Waals surface area contributed by atoms with Crippen molar-refractivity contribution in [2.75, 3.05) is 13.2 Å². The van der Waals surface area contributed by atoms with Gasteiger partial charge in [-0.2, -0.15) is 0 Å². The number of hydrogen-bond donors (Lipinski definition) is 3. The molecule has 0 aromatic rings. The lowest BCUT2D eigenvalue weighted by atomic mass is 9.96. The highest BCUT2D eigenvalue weighted by Crippen LogP contribution is 2.47. The summed E-state index contributed by atoms with van der Waals surface area (Å²) in [4.78, 5) is 9.65. The Balaban J connectivity index is 1.83. The summed E-state index contributed by atoms with van der Waals surface area (Å²) in [6.07, 6.45) is -2.91. The zero-order valence-corrected chi connectivity index (χ0v) is 12.2. The number of rotatable bonds is 6. The monoisotopic (exact) mass is 318 g/mol. The molecule has 3 unspecified atom stereocenters. The molecule has 2 saturated heterocycles. The minimum Gasteiger partial charge on any atom is -0.394 e. The van der Waals surface area contributed by atoms with E-state index in [9.17, 15) is 14.6 Å². The van der Waals surface area contributed by atoms with E-state index < -0.39 is 50.9 Å². The second kappa shape index (κ2) is 7.10. The number of phosphoric ester groups is 1. The third kappa shape index (κ3) is 4.77. The van der Waals surface area contributed by atoms with E-state index in [0.717, 1.165) is 0 Å². The first-order valence-electron chi connectivity index (χ1n) is 6.57. The number of ether oxygens (including phenoxy) is 2. The van der Waals surface area contributed by atoms with E-state index in [2.05, 4.69) is 0 Å². The molecule has 0 saturated carbocycles. The van der Waals surface area contributed by atoms with Crippen molar-refractivity contribution in [2.24, 2.45) is 0 Å². The van der Waals surface area contributed by atoms with Crippen LogP contribution in [0.25, 0.3) is 0 Å². The van der Waals surface area contributed by atoms with E-state index in [1.54, 1.807) is 0 Å². The molecule has 116 valence electrons. The van der Waals surface area contributed by atoms with Crippen molar-refractivity contribution in [3.8, 4) is 0 Å². The highest BCUT2D eigenvalue weighted by Gasteiger charge is 2.40. The molecule has 0 amide bonds. The molecule has 2 aliphatic rings. The predicted octanol–water partition coefficient (Wildman–Crippen LogP) is -1.59. The van der Waals surface area contributed by atoms with Crippen molar-refractivity contribution >= 4 is 23.5 Å². The highest BCUT2D eigenvalue weighted by molar-refractivity contribution is 7.47. The average molecular weight is 318 g/mol. The standard InChI is InChI=1S/C10H17B2O8P/c11-9-1-5(14)8(19-9)4-17-21(15,16)20-6-2-10(12)18-7(6)3-13/h5-10,13-14H,1-4H2,(H,15,16)/t5?,6?,7-,8-,9-,10-/m1/s1. The maximum absolute atomic E-state index is 11.8. The van der Waals surface area contributed by atoms with Crippen LogP contribution in [0.4, 0.5) is 0 Å². The molecule has 0 aromatic heterocycles. The van der Waals surface area contributed by atoms with Gasteiger partial charge in [0.05, 0.1) is 25.4 Å². The molecule has 8 nitrogen and oxygen atoms in total. The average Bonchev–Trinajstić information content (AvgIpc) is 2.88. The van der Waals surface area contributed by atoms with Gasteiger partial charge in [-0.05, 0) is 12.8 Å². The Kier molecular flexibility index (Phi) is 5.90. The number of aliphatic hydroxyl groups excluding tert-OH is 2. The minimum absolute atomic E-state index is 0.159. The maximum atomic E-state index is 11.8. The van der Waals surface area contributed by atoms with Gasteiger partial charge in [0, 0.05) is 12.0 Å². The van der Waals surface area contributed by atoms with Crippen LogP contribution in [0, 0.1) is 0 Å². The predicted molar refractivity (Wildman–Crippen MR) is 71.8 cm³/mol. The Morgan fingerprint density at radius 3 is 2.38 bits per heavy atom. The van der Waals surface area contributed by atoms with Gasteiger partial charge in [0.15, 0.2) is 0 Å². The number of aliphatic hydroxyl groups is 2. The van der Waals surface area contributed by atoms with Gasteiger partial charge in [-0.3, -0.25) is 9.05 Å². The fraction of sp³-hybridized carbons (Fsp3) is 1.00. The first kappa shape index (κ1) is 17.4. The second-order valence-electron chi connectivity index (χ2n) is 5.06. The topological polar surface area (TPSA) is 115 Å². The van der Waals surface area contributed by atoms with Crippen molar-refractivity contribution in [2.45, 2.75) is 49.3 Å². The lowest BCUT2D eigenvalue weighted by molar-refractivity contribution is -0.0251. The molecule has 4 radical (unpaired) electrons. The first-order valence-corrected chi connectivity index (χ1v) is 8.07. The van der Waals surface area contributed by atoms with Gasteiger partial charge in [-0.15, -0.1) is 0 Å². The lowest BCUT2D eigenvalue weighted by Gasteiger charge is -2.22. The van der Waals surface area contributed by atoms with Crippen LogP contribution >= 0.6 is 7.82 Å². The summed E-state index contributed by atoms with van der Waals surface area (Å²) < 4.78 is 31.8. The van der Waals surface area contributed by atoms with Gasteiger partial charge in [0.25, 0.3) is 0 Å². The molecule has 2 fully saturated rings. The lowest BCUT2D eigenvalue weighted by Crippen LogP contribution is -2.29. The normalized spacial score (nSPS) is 43.0. The molecule has 0 aliphatic carbocycles. The molecule has 0 aromatic carbocycles. The molecular formula is C10H17B2O8P. The van der Waals surface area contributed by atoms with Crippen molar-refractivity contribution in [1.29, 1.82) is 0 Å². The Morgan fingerprint density at radius 2 is 1.81 bits per heavy atom. The Morgan fingerprint density at radius 1 is 1.19 bits per heavy atom. The van der Waals surface area contributed by atoms with Crippen molar-refractivity contribution in [3.05, 3.63) is 0 Å². The van der Waals surface area contributed by atoms with Crippen LogP contribution in [0.3, 0.4) is 0 Å². The van der Waals surface area contributed by atoms with Gasteiger partial charge in [-0.25, -0.2) is 4.57 Å². The highest BCUT2D eigenvalue weighted by atomic mass is 31.2. The molecule has 2 heterocycles. The fourth-order valence-corrected chi connectivity index (χ4v) is 3.26. The quantitative estimate of drug-likeness (QED) is 0.397. The fourth-order valence-electron chi connectivity index (χ4n) is 2.30. The summed E-state index contributed by atoms with van der Waals surface area (Å²) in [5.74, 6) is 0. The molecule has 2 rings (SSSR count). The summed E-state index contributed by atoms with van der Waals surface area (Å²) in [7, 11) is 6.61. The minimum atomic E-state index is -4.40. The van der Waals surface area contributed by atoms with Crippen LogP contribution in [-0.2, 0) is 23.1 Å². The number of phosphoric acid groups is 1. The summed E-state index contributed by atoms with van der Waals surface area (Å²) in [5.41, 5.74) is 0. The third-order valence-corrected chi connectivity index (χ3v) is 4.34. The zero-order chi connectivity index (χ0) is 15.6. The van der Waals surface area contributed by atoms with E-state index in [4.69, 9.17) is 39.3 Å².